The highest BCUT2D eigenvalue weighted by atomic mass is 16.2. The van der Waals surface area contributed by atoms with Crippen molar-refractivity contribution in [3.8, 4) is 0 Å². The Morgan fingerprint density at radius 1 is 1.12 bits per heavy atom. The first-order valence-electron chi connectivity index (χ1n) is 9.28. The van der Waals surface area contributed by atoms with Gasteiger partial charge in [0.1, 0.15) is 0 Å². The predicted octanol–water partition coefficient (Wildman–Crippen LogP) is 3.61. The summed E-state index contributed by atoms with van der Waals surface area (Å²) in [6.07, 6.45) is 1.02. The molecule has 2 aromatic rings. The summed E-state index contributed by atoms with van der Waals surface area (Å²) in [5, 5.41) is 3.07. The molecule has 0 saturated carbocycles. The van der Waals surface area contributed by atoms with E-state index in [4.69, 9.17) is 0 Å². The molecule has 2 amide bonds. The van der Waals surface area contributed by atoms with Crippen LogP contribution in [0.25, 0.3) is 0 Å². The van der Waals surface area contributed by atoms with Crippen molar-refractivity contribution in [3.05, 3.63) is 71.3 Å². The Hall–Kier alpha value is -2.62. The number of piperidine rings is 1. The molecule has 4 heteroatoms. The molecule has 3 rings (SSSR count). The minimum atomic E-state index is -0.222. The van der Waals surface area contributed by atoms with Crippen molar-refractivity contribution in [1.29, 1.82) is 0 Å². The quantitative estimate of drug-likeness (QED) is 0.895. The molecule has 1 aliphatic heterocycles. The van der Waals surface area contributed by atoms with Crippen LogP contribution in [0.2, 0.25) is 0 Å². The largest absolute Gasteiger partial charge is 0.352 e. The molecule has 2 aromatic carbocycles. The molecular formula is C22H26N2O2. The van der Waals surface area contributed by atoms with Gasteiger partial charge in [-0.05, 0) is 31.4 Å². The zero-order chi connectivity index (χ0) is 18.5. The van der Waals surface area contributed by atoms with Gasteiger partial charge < -0.3 is 10.2 Å². The Kier molecular flexibility index (Phi) is 5.71. The number of nitrogens with zero attached hydrogens (tertiary/aromatic N) is 1. The lowest BCUT2D eigenvalue weighted by atomic mass is 9.83. The summed E-state index contributed by atoms with van der Waals surface area (Å²) in [5.41, 5.74) is 3.31. The van der Waals surface area contributed by atoms with Crippen LogP contribution in [0.4, 0.5) is 0 Å². The van der Waals surface area contributed by atoms with Crippen molar-refractivity contribution < 1.29 is 9.59 Å². The van der Waals surface area contributed by atoms with Crippen LogP contribution < -0.4 is 5.32 Å². The van der Waals surface area contributed by atoms with E-state index in [1.165, 1.54) is 5.56 Å². The maximum Gasteiger partial charge on any atom is 0.225 e. The maximum absolute atomic E-state index is 12.9. The van der Waals surface area contributed by atoms with Crippen LogP contribution in [-0.4, -0.2) is 23.3 Å². The predicted molar refractivity (Wildman–Crippen MR) is 102 cm³/mol. The second kappa shape index (κ2) is 8.17. The van der Waals surface area contributed by atoms with E-state index in [-0.39, 0.29) is 23.8 Å². The number of carbonyl (C=O) groups excluding carboxylic acids is 2. The molecule has 0 aliphatic carbocycles. The molecule has 0 bridgehead atoms. The van der Waals surface area contributed by atoms with Gasteiger partial charge in [0.25, 0.3) is 0 Å². The van der Waals surface area contributed by atoms with Gasteiger partial charge in [0.05, 0.1) is 12.0 Å². The Bertz CT molecular complexity index is 755. The lowest BCUT2D eigenvalue weighted by Gasteiger charge is -2.40. The van der Waals surface area contributed by atoms with Crippen molar-refractivity contribution in [3.63, 3.8) is 0 Å². The summed E-state index contributed by atoms with van der Waals surface area (Å²) in [6, 6.07) is 17.9. The van der Waals surface area contributed by atoms with Crippen LogP contribution in [0.3, 0.4) is 0 Å². The number of likely N-dealkylation sites (tertiary alicyclic amines) is 1. The van der Waals surface area contributed by atoms with Crippen molar-refractivity contribution in [2.24, 2.45) is 5.92 Å². The van der Waals surface area contributed by atoms with Crippen LogP contribution >= 0.6 is 0 Å². The number of carbonyl (C=O) groups is 2. The Labute approximate surface area is 155 Å². The first-order valence-corrected chi connectivity index (χ1v) is 9.28. The van der Waals surface area contributed by atoms with E-state index in [0.29, 0.717) is 25.9 Å². The molecule has 0 spiro atoms. The van der Waals surface area contributed by atoms with Crippen LogP contribution in [-0.2, 0) is 16.1 Å². The van der Waals surface area contributed by atoms with Crippen molar-refractivity contribution in [2.45, 2.75) is 39.3 Å². The van der Waals surface area contributed by atoms with Crippen LogP contribution in [0, 0.1) is 12.8 Å². The molecule has 1 heterocycles. The van der Waals surface area contributed by atoms with Gasteiger partial charge in [-0.3, -0.25) is 9.59 Å². The fourth-order valence-corrected chi connectivity index (χ4v) is 3.69. The third-order valence-electron chi connectivity index (χ3n) is 5.11. The fourth-order valence-electron chi connectivity index (χ4n) is 3.69. The Balaban J connectivity index is 1.77. The highest BCUT2D eigenvalue weighted by Crippen LogP contribution is 2.36. The fraction of sp³-hybridized carbons (Fsp3) is 0.364. The van der Waals surface area contributed by atoms with E-state index >= 15 is 0 Å². The van der Waals surface area contributed by atoms with Crippen molar-refractivity contribution >= 4 is 11.8 Å². The molecule has 136 valence electrons. The molecular weight excluding hydrogens is 324 g/mol. The van der Waals surface area contributed by atoms with Gasteiger partial charge >= 0.3 is 0 Å². The zero-order valence-electron chi connectivity index (χ0n) is 15.4. The smallest absolute Gasteiger partial charge is 0.225 e. The molecule has 0 radical (unpaired) electrons. The molecule has 0 unspecified atom stereocenters. The molecule has 1 N–H and O–H groups in total. The maximum atomic E-state index is 12.9. The van der Waals surface area contributed by atoms with Crippen molar-refractivity contribution in [1.82, 2.24) is 10.2 Å². The van der Waals surface area contributed by atoms with Crippen LogP contribution in [0.15, 0.2) is 54.6 Å². The lowest BCUT2D eigenvalue weighted by Crippen LogP contribution is -2.47. The average Bonchev–Trinajstić information content (AvgIpc) is 2.67. The normalized spacial score (nSPS) is 20.1. The van der Waals surface area contributed by atoms with E-state index in [9.17, 15) is 9.59 Å². The molecule has 1 aliphatic rings. The van der Waals surface area contributed by atoms with Gasteiger partial charge in [-0.25, -0.2) is 0 Å². The summed E-state index contributed by atoms with van der Waals surface area (Å²) in [4.78, 5) is 27.2. The highest BCUT2D eigenvalue weighted by Gasteiger charge is 2.39. The number of nitrogens with one attached hydrogen (secondary N) is 1. The van der Waals surface area contributed by atoms with Gasteiger partial charge in [0.2, 0.25) is 11.8 Å². The number of hydrogen-bond donors (Lipinski definition) is 1. The Morgan fingerprint density at radius 2 is 1.81 bits per heavy atom. The number of rotatable bonds is 5. The number of benzene rings is 2. The lowest BCUT2D eigenvalue weighted by molar-refractivity contribution is -0.143. The molecule has 2 atom stereocenters. The average molecular weight is 350 g/mol. The van der Waals surface area contributed by atoms with Gasteiger partial charge in [-0.1, -0.05) is 60.2 Å². The third kappa shape index (κ3) is 3.96. The molecule has 26 heavy (non-hydrogen) atoms. The van der Waals surface area contributed by atoms with Gasteiger partial charge in [0.15, 0.2) is 0 Å². The van der Waals surface area contributed by atoms with E-state index in [1.807, 2.05) is 73.3 Å². The minimum Gasteiger partial charge on any atom is -0.352 e. The highest BCUT2D eigenvalue weighted by molar-refractivity contribution is 5.85. The summed E-state index contributed by atoms with van der Waals surface area (Å²) in [7, 11) is 0. The summed E-state index contributed by atoms with van der Waals surface area (Å²) < 4.78 is 0. The summed E-state index contributed by atoms with van der Waals surface area (Å²) in [6.45, 7) is 5.14. The standard InChI is InChI=1S/C22H26N2O2/c1-3-24-20(25)14-13-19(21(24)18-7-5-4-6-8-18)22(26)23-15-17-11-9-16(2)10-12-17/h4-12,19,21H,3,13-15H2,1-2H3,(H,23,26)/t19-,21+/m1/s1. The number of aryl methyl sites for hydroxylation is 1. The summed E-state index contributed by atoms with van der Waals surface area (Å²) >= 11 is 0. The van der Waals surface area contributed by atoms with Crippen LogP contribution in [0.5, 0.6) is 0 Å². The molecule has 4 nitrogen and oxygen atoms in total. The van der Waals surface area contributed by atoms with Crippen molar-refractivity contribution in [2.75, 3.05) is 6.54 Å². The minimum absolute atomic E-state index is 0.0189. The van der Waals surface area contributed by atoms with E-state index in [1.54, 1.807) is 0 Å². The molecule has 1 fully saturated rings. The van der Waals surface area contributed by atoms with Gasteiger partial charge in [-0.15, -0.1) is 0 Å². The van der Waals surface area contributed by atoms with Gasteiger partial charge in [0, 0.05) is 19.5 Å². The number of hydrogen-bond acceptors (Lipinski definition) is 2. The monoisotopic (exact) mass is 350 g/mol. The van der Waals surface area contributed by atoms with E-state index in [2.05, 4.69) is 5.32 Å². The molecule has 1 saturated heterocycles. The zero-order valence-corrected chi connectivity index (χ0v) is 15.4. The second-order valence-corrected chi connectivity index (χ2v) is 6.88. The van der Waals surface area contributed by atoms with Gasteiger partial charge in [-0.2, -0.15) is 0 Å². The SMILES string of the molecule is CCN1C(=O)CC[C@@H](C(=O)NCc2ccc(C)cc2)[C@@H]1c1ccccc1. The first-order chi connectivity index (χ1) is 12.6. The Morgan fingerprint density at radius 3 is 2.46 bits per heavy atom. The second-order valence-electron chi connectivity index (χ2n) is 6.88. The van der Waals surface area contributed by atoms with Crippen LogP contribution in [0.1, 0.15) is 42.5 Å². The first kappa shape index (κ1) is 18.2. The van der Waals surface area contributed by atoms with E-state index < -0.39 is 0 Å². The topological polar surface area (TPSA) is 49.4 Å². The van der Waals surface area contributed by atoms with E-state index in [0.717, 1.165) is 11.1 Å². The number of amides is 2. The molecule has 0 aromatic heterocycles. The third-order valence-corrected chi connectivity index (χ3v) is 5.11. The summed E-state index contributed by atoms with van der Waals surface area (Å²) in [5.74, 6) is -0.0742.